The number of carbonyl (C=O) groups excluding carboxylic acids is 6. The standard InChI is InChI=1S/C46H40N6O13/c53-39(33-1-13-47-14-2-33)60-27-45(28-61-40(54)34-3-15-48-16-4-34,29-62-41(55)35-5-17-49-18-6-35)25-59-26-46(30-63-42(56)36-7-19-50-20-8-36,31-64-43(57)37-9-21-51-22-10-37)32-65-44(58)38-11-23-52-24-12-38/h1-24H,25-32H2. The summed E-state index contributed by atoms with van der Waals surface area (Å²) in [6.45, 7) is -4.34. The number of hydrogen-bond donors (Lipinski definition) is 0. The van der Waals surface area contributed by atoms with Gasteiger partial charge in [0.25, 0.3) is 0 Å². The molecule has 0 saturated carbocycles. The van der Waals surface area contributed by atoms with Crippen LogP contribution in [0.1, 0.15) is 62.1 Å². The number of carbonyl (C=O) groups is 6. The second-order valence-corrected chi connectivity index (χ2v) is 14.4. The molecule has 6 heterocycles. The molecule has 0 saturated heterocycles. The second kappa shape index (κ2) is 23.2. The molecule has 19 nitrogen and oxygen atoms in total. The summed E-state index contributed by atoms with van der Waals surface area (Å²) in [5, 5.41) is 0. The van der Waals surface area contributed by atoms with Crippen LogP contribution in [0.4, 0.5) is 0 Å². The van der Waals surface area contributed by atoms with E-state index < -0.39 is 99.5 Å². The molecule has 19 heteroatoms. The van der Waals surface area contributed by atoms with Crippen molar-refractivity contribution in [2.45, 2.75) is 0 Å². The quantitative estimate of drug-likeness (QED) is 0.0673. The van der Waals surface area contributed by atoms with E-state index in [1.54, 1.807) is 0 Å². The number of aromatic nitrogens is 6. The number of esters is 6. The molecule has 0 aromatic carbocycles. The molecule has 6 aromatic rings. The normalized spacial score (nSPS) is 11.1. The molecule has 0 radical (unpaired) electrons. The smallest absolute Gasteiger partial charge is 0.338 e. The minimum Gasteiger partial charge on any atom is -0.461 e. The highest BCUT2D eigenvalue weighted by Gasteiger charge is 2.41. The minimum absolute atomic E-state index is 0.138. The Hall–Kier alpha value is -8.32. The van der Waals surface area contributed by atoms with Gasteiger partial charge in [0, 0.05) is 74.4 Å². The van der Waals surface area contributed by atoms with E-state index in [-0.39, 0.29) is 33.4 Å². The lowest BCUT2D eigenvalue weighted by Gasteiger charge is -2.35. The number of ether oxygens (including phenoxy) is 7. The van der Waals surface area contributed by atoms with E-state index in [1.165, 1.54) is 147 Å². The third-order valence-corrected chi connectivity index (χ3v) is 9.37. The van der Waals surface area contributed by atoms with Crippen molar-refractivity contribution in [1.29, 1.82) is 0 Å². The molecule has 0 atom stereocenters. The molecule has 0 amide bonds. The van der Waals surface area contributed by atoms with Crippen LogP contribution in [0, 0.1) is 10.8 Å². The summed E-state index contributed by atoms with van der Waals surface area (Å²) < 4.78 is 41.0. The first-order valence-corrected chi connectivity index (χ1v) is 19.6. The Morgan fingerprint density at radius 2 is 0.431 bits per heavy atom. The van der Waals surface area contributed by atoms with Crippen molar-refractivity contribution in [2.75, 3.05) is 52.9 Å². The topological polar surface area (TPSA) is 244 Å². The van der Waals surface area contributed by atoms with Crippen molar-refractivity contribution < 1.29 is 61.9 Å². The van der Waals surface area contributed by atoms with Crippen LogP contribution in [0.15, 0.2) is 147 Å². The monoisotopic (exact) mass is 884 g/mol. The molecule has 0 aliphatic carbocycles. The molecule has 0 spiro atoms. The molecule has 0 N–H and O–H groups in total. The van der Waals surface area contributed by atoms with Crippen molar-refractivity contribution in [3.8, 4) is 0 Å². The highest BCUT2D eigenvalue weighted by atomic mass is 16.6. The SMILES string of the molecule is O=C(OCC(COCC(COC(=O)c1ccncc1)(COC(=O)c1ccncc1)COC(=O)c1ccncc1)(COC(=O)c1ccncc1)COC(=O)c1ccncc1)c1ccncc1. The maximum Gasteiger partial charge on any atom is 0.338 e. The minimum atomic E-state index is -1.66. The van der Waals surface area contributed by atoms with Crippen molar-refractivity contribution in [2.24, 2.45) is 10.8 Å². The van der Waals surface area contributed by atoms with Crippen molar-refractivity contribution in [1.82, 2.24) is 29.9 Å². The summed E-state index contributed by atoms with van der Waals surface area (Å²) in [7, 11) is 0. The highest BCUT2D eigenvalue weighted by molar-refractivity contribution is 5.91. The van der Waals surface area contributed by atoms with Gasteiger partial charge in [-0.1, -0.05) is 0 Å². The van der Waals surface area contributed by atoms with Crippen LogP contribution in [0.2, 0.25) is 0 Å². The number of pyridine rings is 6. The zero-order chi connectivity index (χ0) is 45.7. The van der Waals surface area contributed by atoms with Gasteiger partial charge >= 0.3 is 35.8 Å². The van der Waals surface area contributed by atoms with E-state index in [2.05, 4.69) is 29.9 Å². The van der Waals surface area contributed by atoms with E-state index in [1.807, 2.05) is 0 Å². The largest absolute Gasteiger partial charge is 0.461 e. The molecule has 65 heavy (non-hydrogen) atoms. The molecule has 0 aliphatic heterocycles. The average Bonchev–Trinajstić information content (AvgIpc) is 3.37. The molecule has 0 bridgehead atoms. The maximum atomic E-state index is 13.4. The van der Waals surface area contributed by atoms with Gasteiger partial charge in [0.05, 0.1) is 57.4 Å². The molecule has 6 rings (SSSR count). The predicted octanol–water partition coefficient (Wildman–Crippen LogP) is 4.49. The fourth-order valence-electron chi connectivity index (χ4n) is 5.72. The third-order valence-electron chi connectivity index (χ3n) is 9.37. The first-order valence-electron chi connectivity index (χ1n) is 19.6. The summed E-state index contributed by atoms with van der Waals surface area (Å²) in [5.74, 6) is -4.74. The van der Waals surface area contributed by atoms with Gasteiger partial charge in [-0.3, -0.25) is 29.9 Å². The Morgan fingerprint density at radius 1 is 0.277 bits per heavy atom. The first kappa shape index (κ1) is 46.2. The average molecular weight is 885 g/mol. The van der Waals surface area contributed by atoms with Crippen LogP contribution < -0.4 is 0 Å². The fraction of sp³-hybridized carbons (Fsp3) is 0.217. The molecular weight excluding hydrogens is 845 g/mol. The zero-order valence-corrected chi connectivity index (χ0v) is 34.5. The maximum absolute atomic E-state index is 13.4. The van der Waals surface area contributed by atoms with Crippen molar-refractivity contribution in [3.05, 3.63) is 181 Å². The molecule has 0 aliphatic rings. The van der Waals surface area contributed by atoms with E-state index in [9.17, 15) is 28.8 Å². The van der Waals surface area contributed by atoms with Gasteiger partial charge in [0.2, 0.25) is 0 Å². The van der Waals surface area contributed by atoms with Gasteiger partial charge in [-0.2, -0.15) is 0 Å². The lowest BCUT2D eigenvalue weighted by Crippen LogP contribution is -2.47. The first-order chi connectivity index (χ1) is 31.6. The summed E-state index contributed by atoms with van der Waals surface area (Å²) in [6, 6.07) is 17.1. The predicted molar refractivity (Wildman–Crippen MR) is 223 cm³/mol. The van der Waals surface area contributed by atoms with Crippen LogP contribution in [-0.4, -0.2) is 119 Å². The van der Waals surface area contributed by atoms with Crippen molar-refractivity contribution >= 4 is 35.8 Å². The van der Waals surface area contributed by atoms with Crippen molar-refractivity contribution in [3.63, 3.8) is 0 Å². The summed E-state index contributed by atoms with van der Waals surface area (Å²) in [5.41, 5.74) is -2.49. The summed E-state index contributed by atoms with van der Waals surface area (Å²) in [4.78, 5) is 104. The molecule has 332 valence electrons. The van der Waals surface area contributed by atoms with Crippen LogP contribution in [-0.2, 0) is 33.2 Å². The van der Waals surface area contributed by atoms with E-state index >= 15 is 0 Å². The van der Waals surface area contributed by atoms with Gasteiger partial charge in [-0.05, 0) is 72.8 Å². The van der Waals surface area contributed by atoms with E-state index in [0.29, 0.717) is 0 Å². The van der Waals surface area contributed by atoms with Gasteiger partial charge < -0.3 is 33.2 Å². The fourth-order valence-corrected chi connectivity index (χ4v) is 5.72. The Morgan fingerprint density at radius 3 is 0.585 bits per heavy atom. The lowest BCUT2D eigenvalue weighted by molar-refractivity contribution is -0.112. The van der Waals surface area contributed by atoms with E-state index in [4.69, 9.17) is 33.2 Å². The Labute approximate surface area is 371 Å². The zero-order valence-electron chi connectivity index (χ0n) is 34.5. The molecule has 0 fully saturated rings. The number of rotatable bonds is 22. The molecule has 0 unspecified atom stereocenters. The van der Waals surface area contributed by atoms with Gasteiger partial charge in [-0.15, -0.1) is 0 Å². The molecule has 6 aromatic heterocycles. The van der Waals surface area contributed by atoms with Crippen LogP contribution >= 0.6 is 0 Å². The third kappa shape index (κ3) is 13.8. The molecular formula is C46H40N6O13. The number of hydrogen-bond acceptors (Lipinski definition) is 19. The van der Waals surface area contributed by atoms with E-state index in [0.717, 1.165) is 0 Å². The Balaban J connectivity index is 1.34. The van der Waals surface area contributed by atoms with Gasteiger partial charge in [0.15, 0.2) is 0 Å². The highest BCUT2D eigenvalue weighted by Crippen LogP contribution is 2.28. The van der Waals surface area contributed by atoms with Crippen LogP contribution in [0.5, 0.6) is 0 Å². The number of nitrogens with zero attached hydrogens (tertiary/aromatic N) is 6. The summed E-state index contributed by atoms with van der Waals surface area (Å²) in [6.07, 6.45) is 16.7. The van der Waals surface area contributed by atoms with Crippen LogP contribution in [0.25, 0.3) is 0 Å². The lowest BCUT2D eigenvalue weighted by atomic mass is 9.90. The summed E-state index contributed by atoms with van der Waals surface area (Å²) >= 11 is 0. The Bertz CT molecular complexity index is 2050. The van der Waals surface area contributed by atoms with Gasteiger partial charge in [-0.25, -0.2) is 28.8 Å². The van der Waals surface area contributed by atoms with Gasteiger partial charge in [0.1, 0.15) is 39.6 Å². The van der Waals surface area contributed by atoms with Crippen LogP contribution in [0.3, 0.4) is 0 Å². The Kier molecular flexibility index (Phi) is 16.5. The second-order valence-electron chi connectivity index (χ2n) is 14.4.